The molecule has 2 aromatic heterocycles. The molecule has 0 unspecified atom stereocenters. The molecule has 8 heteroatoms. The predicted octanol–water partition coefficient (Wildman–Crippen LogP) is 2.84. The average Bonchev–Trinajstić information content (AvgIpc) is 2.58. The van der Waals surface area contributed by atoms with Crippen LogP contribution in [0.2, 0.25) is 5.02 Å². The van der Waals surface area contributed by atoms with E-state index >= 15 is 0 Å². The number of halogens is 1. The lowest BCUT2D eigenvalue weighted by Gasteiger charge is -2.09. The molecule has 7 nitrogen and oxygen atoms in total. The van der Waals surface area contributed by atoms with Crippen LogP contribution >= 0.6 is 11.6 Å². The Morgan fingerprint density at radius 3 is 2.70 bits per heavy atom. The average molecular weight is 332 g/mol. The number of fused-ring (bicyclic) bond motifs is 1. The molecule has 3 aromatic rings. The second-order valence-electron chi connectivity index (χ2n) is 4.58. The Hall–Kier alpha value is -2.51. The van der Waals surface area contributed by atoms with Crippen LogP contribution in [0.4, 0.5) is 11.5 Å². The quantitative estimate of drug-likeness (QED) is 0.695. The van der Waals surface area contributed by atoms with Gasteiger partial charge in [0.1, 0.15) is 12.9 Å². The first-order chi connectivity index (χ1) is 11.3. The highest BCUT2D eigenvalue weighted by molar-refractivity contribution is 6.30. The summed E-state index contributed by atoms with van der Waals surface area (Å²) in [6, 6.07) is 7.28. The lowest BCUT2D eigenvalue weighted by molar-refractivity contribution is 0.143. The highest BCUT2D eigenvalue weighted by atomic mass is 35.5. The molecule has 1 N–H and O–H groups in total. The third-order valence-corrected chi connectivity index (χ3v) is 3.22. The zero-order valence-electron chi connectivity index (χ0n) is 12.4. The molecule has 2 heterocycles. The summed E-state index contributed by atoms with van der Waals surface area (Å²) in [4.78, 5) is 17.0. The highest BCUT2D eigenvalue weighted by Crippen LogP contribution is 2.23. The van der Waals surface area contributed by atoms with Gasteiger partial charge in [-0.15, -0.1) is 0 Å². The molecule has 23 heavy (non-hydrogen) atoms. The van der Waals surface area contributed by atoms with Crippen LogP contribution in [0, 0.1) is 0 Å². The number of anilines is 2. The number of nitrogens with one attached hydrogen (secondary N) is 1. The van der Waals surface area contributed by atoms with Crippen molar-refractivity contribution in [3.05, 3.63) is 41.8 Å². The van der Waals surface area contributed by atoms with Crippen LogP contribution in [0.15, 0.2) is 36.8 Å². The van der Waals surface area contributed by atoms with E-state index in [4.69, 9.17) is 21.1 Å². The fourth-order valence-corrected chi connectivity index (χ4v) is 2.01. The minimum absolute atomic E-state index is 0.392. The first kappa shape index (κ1) is 15.4. The SMILES string of the molecule is COCCOc1cnc2ncnc(Nc3ccc(Cl)cc3)c2n1. The lowest BCUT2D eigenvalue weighted by Crippen LogP contribution is -2.06. The Labute approximate surface area is 137 Å². The normalized spacial score (nSPS) is 10.7. The van der Waals surface area contributed by atoms with Gasteiger partial charge in [-0.3, -0.25) is 0 Å². The van der Waals surface area contributed by atoms with Gasteiger partial charge < -0.3 is 14.8 Å². The summed E-state index contributed by atoms with van der Waals surface area (Å²) < 4.78 is 10.4. The van der Waals surface area contributed by atoms with Gasteiger partial charge in [0.15, 0.2) is 17.0 Å². The van der Waals surface area contributed by atoms with Gasteiger partial charge in [-0.1, -0.05) is 11.6 Å². The van der Waals surface area contributed by atoms with Crippen LogP contribution in [0.3, 0.4) is 0 Å². The zero-order valence-corrected chi connectivity index (χ0v) is 13.1. The molecule has 118 valence electrons. The number of methoxy groups -OCH3 is 1. The van der Waals surface area contributed by atoms with Crippen LogP contribution in [0.1, 0.15) is 0 Å². The number of hydrogen-bond donors (Lipinski definition) is 1. The molecule has 0 aliphatic heterocycles. The molecule has 1 aromatic carbocycles. The summed E-state index contributed by atoms with van der Waals surface area (Å²) in [5, 5.41) is 3.84. The van der Waals surface area contributed by atoms with E-state index in [1.807, 2.05) is 12.1 Å². The summed E-state index contributed by atoms with van der Waals surface area (Å²) >= 11 is 5.89. The van der Waals surface area contributed by atoms with Crippen LogP contribution in [0.5, 0.6) is 5.88 Å². The van der Waals surface area contributed by atoms with Gasteiger partial charge in [0.05, 0.1) is 12.8 Å². The van der Waals surface area contributed by atoms with Gasteiger partial charge in [-0.05, 0) is 24.3 Å². The molecule has 0 saturated carbocycles. The summed E-state index contributed by atoms with van der Waals surface area (Å²) in [5.41, 5.74) is 1.84. The minimum Gasteiger partial charge on any atom is -0.474 e. The standard InChI is InChI=1S/C15H14ClN5O2/c1-22-6-7-23-12-8-17-14-13(21-12)15(19-9-18-14)20-11-4-2-10(16)3-5-11/h2-5,8-9H,6-7H2,1H3,(H,17,18,19,20). The second-order valence-corrected chi connectivity index (χ2v) is 5.01. The van der Waals surface area contributed by atoms with E-state index in [1.165, 1.54) is 12.5 Å². The monoisotopic (exact) mass is 331 g/mol. The van der Waals surface area contributed by atoms with E-state index < -0.39 is 0 Å². The molecule has 0 fully saturated rings. The maximum Gasteiger partial charge on any atom is 0.233 e. The molecule has 0 atom stereocenters. The molecule has 0 spiro atoms. The Morgan fingerprint density at radius 1 is 1.09 bits per heavy atom. The molecular weight excluding hydrogens is 318 g/mol. The van der Waals surface area contributed by atoms with Gasteiger partial charge in [0.25, 0.3) is 0 Å². The minimum atomic E-state index is 0.392. The molecule has 0 aliphatic rings. The Morgan fingerprint density at radius 2 is 1.91 bits per heavy atom. The van der Waals surface area contributed by atoms with E-state index in [0.717, 1.165) is 5.69 Å². The zero-order chi connectivity index (χ0) is 16.1. The Balaban J connectivity index is 1.89. The van der Waals surface area contributed by atoms with E-state index in [1.54, 1.807) is 19.2 Å². The molecular formula is C15H14ClN5O2. The second kappa shape index (κ2) is 7.17. The van der Waals surface area contributed by atoms with E-state index in [-0.39, 0.29) is 0 Å². The van der Waals surface area contributed by atoms with Crippen molar-refractivity contribution in [3.8, 4) is 5.88 Å². The van der Waals surface area contributed by atoms with Crippen molar-refractivity contribution >= 4 is 34.3 Å². The van der Waals surface area contributed by atoms with Crippen LogP contribution < -0.4 is 10.1 Å². The number of ether oxygens (including phenoxy) is 2. The summed E-state index contributed by atoms with van der Waals surface area (Å²) in [7, 11) is 1.61. The largest absolute Gasteiger partial charge is 0.474 e. The number of aromatic nitrogens is 4. The molecule has 0 saturated heterocycles. The van der Waals surface area contributed by atoms with Crippen molar-refractivity contribution in [2.45, 2.75) is 0 Å². The van der Waals surface area contributed by atoms with Gasteiger partial charge in [0.2, 0.25) is 5.88 Å². The predicted molar refractivity (Wildman–Crippen MR) is 87.2 cm³/mol. The van der Waals surface area contributed by atoms with Crippen molar-refractivity contribution in [1.29, 1.82) is 0 Å². The van der Waals surface area contributed by atoms with Gasteiger partial charge >= 0.3 is 0 Å². The molecule has 3 rings (SSSR count). The van der Waals surface area contributed by atoms with Crippen LogP contribution in [0.25, 0.3) is 11.2 Å². The Kier molecular flexibility index (Phi) is 4.80. The van der Waals surface area contributed by atoms with Gasteiger partial charge in [-0.25, -0.2) is 19.9 Å². The van der Waals surface area contributed by atoms with Crippen molar-refractivity contribution in [2.24, 2.45) is 0 Å². The highest BCUT2D eigenvalue weighted by Gasteiger charge is 2.09. The Bertz CT molecular complexity index is 797. The smallest absolute Gasteiger partial charge is 0.233 e. The fraction of sp³-hybridized carbons (Fsp3) is 0.200. The molecule has 0 radical (unpaired) electrons. The van der Waals surface area contributed by atoms with Crippen LogP contribution in [-0.4, -0.2) is 40.3 Å². The summed E-state index contributed by atoms with van der Waals surface area (Å²) in [6.07, 6.45) is 2.96. The first-order valence-corrected chi connectivity index (χ1v) is 7.26. The summed E-state index contributed by atoms with van der Waals surface area (Å²) in [5.74, 6) is 0.936. The maximum absolute atomic E-state index is 5.89. The third kappa shape index (κ3) is 3.82. The van der Waals surface area contributed by atoms with Crippen molar-refractivity contribution in [1.82, 2.24) is 19.9 Å². The molecule has 0 amide bonds. The summed E-state index contributed by atoms with van der Waals surface area (Å²) in [6.45, 7) is 0.866. The lowest BCUT2D eigenvalue weighted by atomic mass is 10.3. The van der Waals surface area contributed by atoms with Crippen LogP contribution in [-0.2, 0) is 4.74 Å². The number of hydrogen-bond acceptors (Lipinski definition) is 7. The van der Waals surface area contributed by atoms with E-state index in [0.29, 0.717) is 41.1 Å². The molecule has 0 aliphatic carbocycles. The first-order valence-electron chi connectivity index (χ1n) is 6.88. The van der Waals surface area contributed by atoms with Crippen molar-refractivity contribution in [2.75, 3.05) is 25.6 Å². The van der Waals surface area contributed by atoms with E-state index in [9.17, 15) is 0 Å². The number of nitrogens with zero attached hydrogens (tertiary/aromatic N) is 4. The number of benzene rings is 1. The fourth-order valence-electron chi connectivity index (χ4n) is 1.88. The third-order valence-electron chi connectivity index (χ3n) is 2.97. The van der Waals surface area contributed by atoms with Crippen molar-refractivity contribution in [3.63, 3.8) is 0 Å². The topological polar surface area (TPSA) is 82.0 Å². The molecule has 0 bridgehead atoms. The van der Waals surface area contributed by atoms with E-state index in [2.05, 4.69) is 25.3 Å². The van der Waals surface area contributed by atoms with Crippen molar-refractivity contribution < 1.29 is 9.47 Å². The van der Waals surface area contributed by atoms with Gasteiger partial charge in [-0.2, -0.15) is 0 Å². The maximum atomic E-state index is 5.89. The van der Waals surface area contributed by atoms with Gasteiger partial charge in [0, 0.05) is 17.8 Å². The number of rotatable bonds is 6.